The van der Waals surface area contributed by atoms with Gasteiger partial charge in [0, 0.05) is 6.07 Å². The second-order valence-corrected chi connectivity index (χ2v) is 5.75. The lowest BCUT2D eigenvalue weighted by Gasteiger charge is -2.08. The van der Waals surface area contributed by atoms with E-state index in [9.17, 15) is 8.42 Å². The summed E-state index contributed by atoms with van der Waals surface area (Å²) < 4.78 is 31.5. The van der Waals surface area contributed by atoms with E-state index in [4.69, 9.17) is 9.63 Å². The van der Waals surface area contributed by atoms with Crippen LogP contribution in [0.5, 0.6) is 0 Å². The number of aromatic nitrogens is 1. The normalized spacial score (nSPS) is 11.7. The molecule has 0 saturated carbocycles. The molecule has 19 heavy (non-hydrogen) atoms. The van der Waals surface area contributed by atoms with Crippen LogP contribution >= 0.6 is 0 Å². The van der Waals surface area contributed by atoms with Gasteiger partial charge in [0.1, 0.15) is 5.76 Å². The number of aryl methyl sites for hydroxylation is 1. The van der Waals surface area contributed by atoms with Crippen LogP contribution in [0.4, 0.5) is 0 Å². The fourth-order valence-corrected chi connectivity index (χ4v) is 2.87. The van der Waals surface area contributed by atoms with Crippen LogP contribution in [0.3, 0.4) is 0 Å². The number of nitrogens with zero attached hydrogens (tertiary/aromatic N) is 1. The maximum absolute atomic E-state index is 12.1. The zero-order valence-electron chi connectivity index (χ0n) is 10.3. The highest BCUT2D eigenvalue weighted by molar-refractivity contribution is 7.89. The number of benzene rings is 1. The first-order chi connectivity index (χ1) is 9.03. The molecule has 2 aromatic rings. The molecule has 0 radical (unpaired) electrons. The third-order valence-electron chi connectivity index (χ3n) is 2.55. The molecule has 0 amide bonds. The van der Waals surface area contributed by atoms with Gasteiger partial charge >= 0.3 is 0 Å². The molecule has 0 aliphatic carbocycles. The summed E-state index contributed by atoms with van der Waals surface area (Å²) in [5, 5.41) is 12.9. The number of nitrogens with one attached hydrogen (secondary N) is 1. The number of hydrogen-bond acceptors (Lipinski definition) is 5. The summed E-state index contributed by atoms with van der Waals surface area (Å²) in [6, 6.07) is 7.94. The van der Waals surface area contributed by atoms with Gasteiger partial charge in [0.05, 0.1) is 23.7 Å². The molecule has 0 atom stereocenters. The average Bonchev–Trinajstić information content (AvgIpc) is 2.82. The minimum Gasteiger partial charge on any atom is -0.392 e. The number of aliphatic hydroxyl groups excluding tert-OH is 1. The molecule has 7 heteroatoms. The minimum atomic E-state index is -3.68. The van der Waals surface area contributed by atoms with E-state index in [0.29, 0.717) is 17.0 Å². The topological polar surface area (TPSA) is 92.4 Å². The molecule has 0 bridgehead atoms. The molecule has 1 heterocycles. The monoisotopic (exact) mass is 282 g/mol. The van der Waals surface area contributed by atoms with Crippen molar-refractivity contribution >= 4 is 10.0 Å². The van der Waals surface area contributed by atoms with Crippen LogP contribution in [0.1, 0.15) is 17.0 Å². The van der Waals surface area contributed by atoms with E-state index in [1.807, 2.05) is 0 Å². The summed E-state index contributed by atoms with van der Waals surface area (Å²) in [6.45, 7) is 1.44. The van der Waals surface area contributed by atoms with Crippen molar-refractivity contribution in [3.63, 3.8) is 0 Å². The van der Waals surface area contributed by atoms with E-state index >= 15 is 0 Å². The number of aliphatic hydroxyl groups is 1. The predicted molar refractivity (Wildman–Crippen MR) is 67.6 cm³/mol. The average molecular weight is 282 g/mol. The zero-order chi connectivity index (χ0) is 13.9. The summed E-state index contributed by atoms with van der Waals surface area (Å²) in [5.74, 6) is 0.616. The molecule has 2 rings (SSSR count). The second-order valence-electron chi connectivity index (χ2n) is 4.02. The van der Waals surface area contributed by atoms with Crippen LogP contribution in [0.25, 0.3) is 0 Å². The van der Waals surface area contributed by atoms with Crippen molar-refractivity contribution in [1.29, 1.82) is 0 Å². The first-order valence-electron chi connectivity index (χ1n) is 5.63. The van der Waals surface area contributed by atoms with Gasteiger partial charge in [-0.15, -0.1) is 0 Å². The third kappa shape index (κ3) is 3.19. The molecule has 0 aliphatic heterocycles. The molecule has 1 aromatic heterocycles. The highest BCUT2D eigenvalue weighted by Gasteiger charge is 2.17. The van der Waals surface area contributed by atoms with Crippen molar-refractivity contribution in [3.05, 3.63) is 47.3 Å². The predicted octanol–water partition coefficient (Wildman–Crippen LogP) is 0.954. The Morgan fingerprint density at radius 1 is 1.37 bits per heavy atom. The molecule has 0 saturated heterocycles. The van der Waals surface area contributed by atoms with Crippen molar-refractivity contribution in [1.82, 2.24) is 9.88 Å². The zero-order valence-corrected chi connectivity index (χ0v) is 11.1. The van der Waals surface area contributed by atoms with Gasteiger partial charge in [0.2, 0.25) is 10.0 Å². The largest absolute Gasteiger partial charge is 0.392 e. The number of sulfonamides is 1. The van der Waals surface area contributed by atoms with E-state index in [1.165, 1.54) is 6.07 Å². The van der Waals surface area contributed by atoms with E-state index < -0.39 is 10.0 Å². The summed E-state index contributed by atoms with van der Waals surface area (Å²) in [4.78, 5) is 0.0673. The van der Waals surface area contributed by atoms with Crippen LogP contribution in [-0.4, -0.2) is 18.7 Å². The lowest BCUT2D eigenvalue weighted by Crippen LogP contribution is -2.24. The van der Waals surface area contributed by atoms with Crippen molar-refractivity contribution in [2.75, 3.05) is 0 Å². The Hall–Kier alpha value is -1.70. The van der Waals surface area contributed by atoms with Gasteiger partial charge in [-0.2, -0.15) is 0 Å². The Balaban J connectivity index is 2.18. The fourth-order valence-electron chi connectivity index (χ4n) is 1.64. The van der Waals surface area contributed by atoms with E-state index in [0.717, 1.165) is 0 Å². The van der Waals surface area contributed by atoms with Gasteiger partial charge < -0.3 is 9.63 Å². The van der Waals surface area contributed by atoms with Crippen molar-refractivity contribution < 1.29 is 18.0 Å². The van der Waals surface area contributed by atoms with Crippen molar-refractivity contribution in [3.8, 4) is 0 Å². The standard InChI is InChI=1S/C12H14N2O4S/c1-9-6-11(14-18-9)7-13-19(16,17)12-5-3-2-4-10(12)8-15/h2-6,13,15H,7-8H2,1H3. The molecule has 0 aliphatic rings. The third-order valence-corrected chi connectivity index (χ3v) is 4.05. The Bertz CT molecular complexity index is 664. The Morgan fingerprint density at radius 3 is 2.74 bits per heavy atom. The van der Waals surface area contributed by atoms with Gasteiger partial charge in [-0.25, -0.2) is 13.1 Å². The molecule has 0 unspecified atom stereocenters. The molecule has 0 spiro atoms. The maximum atomic E-state index is 12.1. The maximum Gasteiger partial charge on any atom is 0.241 e. The Morgan fingerprint density at radius 2 is 2.11 bits per heavy atom. The van der Waals surface area contributed by atoms with Gasteiger partial charge in [0.15, 0.2) is 0 Å². The molecule has 0 fully saturated rings. The van der Waals surface area contributed by atoms with Crippen molar-refractivity contribution in [2.24, 2.45) is 0 Å². The fraction of sp³-hybridized carbons (Fsp3) is 0.250. The Kier molecular flexibility index (Phi) is 3.98. The quantitative estimate of drug-likeness (QED) is 0.852. The minimum absolute atomic E-state index is 0.0411. The van der Waals surface area contributed by atoms with Gasteiger partial charge in [-0.05, 0) is 18.6 Å². The lowest BCUT2D eigenvalue weighted by atomic mass is 10.2. The smallest absolute Gasteiger partial charge is 0.241 e. The van der Waals surface area contributed by atoms with Gasteiger partial charge in [0.25, 0.3) is 0 Å². The molecular formula is C12H14N2O4S. The van der Waals surface area contributed by atoms with Gasteiger partial charge in [-0.3, -0.25) is 0 Å². The van der Waals surface area contributed by atoms with Crippen molar-refractivity contribution in [2.45, 2.75) is 25.0 Å². The SMILES string of the molecule is Cc1cc(CNS(=O)(=O)c2ccccc2CO)no1. The van der Waals surface area contributed by atoms with E-state index in [1.54, 1.807) is 31.2 Å². The summed E-state index contributed by atoms with van der Waals surface area (Å²) in [5.41, 5.74) is 0.855. The highest BCUT2D eigenvalue weighted by Crippen LogP contribution is 2.15. The number of hydrogen-bond donors (Lipinski definition) is 2. The van der Waals surface area contributed by atoms with Crippen LogP contribution in [-0.2, 0) is 23.2 Å². The van der Waals surface area contributed by atoms with Crippen LogP contribution in [0, 0.1) is 6.92 Å². The first kappa shape index (κ1) is 13.7. The van der Waals surface area contributed by atoms with E-state index in [2.05, 4.69) is 9.88 Å². The molecular weight excluding hydrogens is 268 g/mol. The van der Waals surface area contributed by atoms with Crippen LogP contribution < -0.4 is 4.72 Å². The molecule has 1 aromatic carbocycles. The van der Waals surface area contributed by atoms with Gasteiger partial charge in [-0.1, -0.05) is 23.4 Å². The molecule has 102 valence electrons. The Labute approximate surface area is 111 Å². The van der Waals surface area contributed by atoms with Crippen LogP contribution in [0.2, 0.25) is 0 Å². The summed E-state index contributed by atoms with van der Waals surface area (Å²) >= 11 is 0. The second kappa shape index (κ2) is 5.52. The molecule has 2 N–H and O–H groups in total. The lowest BCUT2D eigenvalue weighted by molar-refractivity contribution is 0.278. The highest BCUT2D eigenvalue weighted by atomic mass is 32.2. The summed E-state index contributed by atoms with van der Waals surface area (Å²) in [7, 11) is -3.68. The summed E-state index contributed by atoms with van der Waals surface area (Å²) in [6.07, 6.45) is 0. The van der Waals surface area contributed by atoms with E-state index in [-0.39, 0.29) is 18.0 Å². The molecule has 6 nitrogen and oxygen atoms in total. The first-order valence-corrected chi connectivity index (χ1v) is 7.12. The van der Waals surface area contributed by atoms with Crippen LogP contribution in [0.15, 0.2) is 39.8 Å². The number of rotatable bonds is 5.